The summed E-state index contributed by atoms with van der Waals surface area (Å²) >= 11 is 0. The van der Waals surface area contributed by atoms with E-state index in [0.717, 1.165) is 24.4 Å². The van der Waals surface area contributed by atoms with Crippen molar-refractivity contribution in [1.82, 2.24) is 0 Å². The third-order valence-corrected chi connectivity index (χ3v) is 2.94. The molecule has 16 nitrogen and oxygen atoms in total. The fraction of sp³-hybridized carbons (Fsp3) is 0.182. The summed E-state index contributed by atoms with van der Waals surface area (Å²) in [4.78, 5) is 16.1. The Hall–Kier alpha value is -0.961. The van der Waals surface area contributed by atoms with E-state index in [0.29, 0.717) is 0 Å². The Labute approximate surface area is 210 Å². The Morgan fingerprint density at radius 3 is 1.83 bits per heavy atom. The minimum Gasteiger partial charge on any atom is -0.872 e. The van der Waals surface area contributed by atoms with Gasteiger partial charge >= 0.3 is 54.8 Å². The van der Waals surface area contributed by atoms with Crippen molar-refractivity contribution in [1.29, 1.82) is 0 Å². The molecule has 0 aliphatic carbocycles. The summed E-state index contributed by atoms with van der Waals surface area (Å²) < 4.78 is 32.4. The van der Waals surface area contributed by atoms with Gasteiger partial charge in [0.05, 0.1) is 24.0 Å². The van der Waals surface area contributed by atoms with Crippen LogP contribution in [0.2, 0.25) is 0 Å². The normalized spacial score (nSPS) is 8.90. The molecule has 1 radical (unpaired) electrons. The van der Waals surface area contributed by atoms with Gasteiger partial charge < -0.3 is 63.0 Å². The standard InChI is InChI=1S/C11H12N2O7S.Ca.Cu.7H2O/c14-9-2-1-8(21(18,19)20)3-7(9)4-12-5-10(15)13-6-11(16)17;;;;;;;;;/h1-4,14H,5-6H2,(H,13,15)(H,16,17)(H,18,19,20);;;7*1H2/q;2*+2;;;;;;;/p-4. The first-order valence-corrected chi connectivity index (χ1v) is 6.78. The van der Waals surface area contributed by atoms with E-state index in [1.54, 1.807) is 0 Å². The van der Waals surface area contributed by atoms with Gasteiger partial charge in [0.1, 0.15) is 10.1 Å². The summed E-state index contributed by atoms with van der Waals surface area (Å²) in [5, 5.41) is 32.5. The van der Waals surface area contributed by atoms with Gasteiger partial charge in [0.15, 0.2) is 0 Å². The SMILES string of the molecule is O.O.O.O.O.O.O.O=C([O-])CN=C([O-])CN=Cc1cc(S(=O)(=O)[O-])ccc1[O-].[Ca+2].[Cu+2]. The first-order chi connectivity index (χ1) is 9.70. The quantitative estimate of drug-likeness (QED) is 0.144. The molecule has 0 saturated heterocycles. The molecule has 14 N–H and O–H groups in total. The summed E-state index contributed by atoms with van der Waals surface area (Å²) in [5.74, 6) is -2.97. The van der Waals surface area contributed by atoms with Crippen LogP contribution in [0.5, 0.6) is 5.75 Å². The van der Waals surface area contributed by atoms with Gasteiger partial charge in [-0.15, -0.1) is 0 Å². The largest absolute Gasteiger partial charge is 2.00 e. The van der Waals surface area contributed by atoms with Crippen LogP contribution in [-0.4, -0.2) is 120 Å². The first-order valence-electron chi connectivity index (χ1n) is 5.37. The van der Waals surface area contributed by atoms with Gasteiger partial charge in [-0.3, -0.25) is 9.98 Å². The fourth-order valence-electron chi connectivity index (χ4n) is 1.21. The second-order valence-electron chi connectivity index (χ2n) is 3.71. The molecular weight excluding hydrogens is 520 g/mol. The average Bonchev–Trinajstić information content (AvgIpc) is 2.37. The monoisotopic (exact) mass is 541 g/mol. The number of carboxylic acids is 1. The van der Waals surface area contributed by atoms with Crippen molar-refractivity contribution in [2.45, 2.75) is 4.90 Å². The Morgan fingerprint density at radius 1 is 0.967 bits per heavy atom. The number of aliphatic imine (C=N–C) groups is 2. The number of carbonyl (C=O) groups excluding carboxylic acids is 1. The molecule has 0 aliphatic rings. The van der Waals surface area contributed by atoms with Gasteiger partial charge in [-0.1, -0.05) is 11.8 Å². The van der Waals surface area contributed by atoms with E-state index in [1.807, 2.05) is 0 Å². The molecule has 1 aromatic carbocycles. The van der Waals surface area contributed by atoms with E-state index in [1.165, 1.54) is 0 Å². The van der Waals surface area contributed by atoms with Crippen LogP contribution in [0.25, 0.3) is 0 Å². The number of hydrogen-bond donors (Lipinski definition) is 0. The summed E-state index contributed by atoms with van der Waals surface area (Å²) in [6.07, 6.45) is 0.906. The minimum atomic E-state index is -4.71. The average molecular weight is 542 g/mol. The Balaban J connectivity index is -0.0000000700. The Morgan fingerprint density at radius 2 is 1.43 bits per heavy atom. The van der Waals surface area contributed by atoms with Crippen molar-refractivity contribution in [2.75, 3.05) is 13.1 Å². The number of carbonyl (C=O) groups is 1. The molecule has 0 aromatic heterocycles. The molecule has 0 fully saturated rings. The molecule has 0 saturated carbocycles. The van der Waals surface area contributed by atoms with E-state index in [2.05, 4.69) is 9.98 Å². The molecular formula is C11H22CaCuN2O14S. The first kappa shape index (κ1) is 56.9. The smallest absolute Gasteiger partial charge is 0.872 e. The van der Waals surface area contributed by atoms with Crippen molar-refractivity contribution < 1.29 is 88.5 Å². The molecule has 0 heterocycles. The van der Waals surface area contributed by atoms with Crippen LogP contribution in [0.3, 0.4) is 0 Å². The van der Waals surface area contributed by atoms with Gasteiger partial charge in [-0.05, 0) is 23.6 Å². The maximum atomic E-state index is 11.4. The predicted molar refractivity (Wildman–Crippen MR) is 94.7 cm³/mol. The van der Waals surface area contributed by atoms with Gasteiger partial charge in [0.2, 0.25) is 0 Å². The van der Waals surface area contributed by atoms with Crippen molar-refractivity contribution >= 4 is 65.9 Å². The number of aliphatic carboxylic acids is 1. The molecule has 0 unspecified atom stereocenters. The molecule has 0 amide bonds. The van der Waals surface area contributed by atoms with Crippen LogP contribution < -0.4 is 15.3 Å². The van der Waals surface area contributed by atoms with Crippen LogP contribution in [0.1, 0.15) is 5.56 Å². The third-order valence-electron chi connectivity index (χ3n) is 2.11. The molecule has 179 valence electrons. The number of nitrogens with zero attached hydrogens (tertiary/aromatic N) is 2. The van der Waals surface area contributed by atoms with Crippen molar-refractivity contribution in [3.8, 4) is 5.75 Å². The second kappa shape index (κ2) is 26.1. The van der Waals surface area contributed by atoms with Crippen LogP contribution in [0.4, 0.5) is 0 Å². The molecule has 19 heteroatoms. The van der Waals surface area contributed by atoms with Crippen LogP contribution in [-0.2, 0) is 32.0 Å². The molecule has 1 rings (SSSR count). The zero-order valence-corrected chi connectivity index (χ0v) is 18.9. The maximum Gasteiger partial charge on any atom is 2.00 e. The van der Waals surface area contributed by atoms with Crippen LogP contribution >= 0.6 is 0 Å². The summed E-state index contributed by atoms with van der Waals surface area (Å²) in [7, 11) is -4.71. The Kier molecular flexibility index (Phi) is 49.4. The van der Waals surface area contributed by atoms with Gasteiger partial charge in [-0.25, -0.2) is 8.42 Å². The Bertz CT molecular complexity index is 716. The summed E-state index contributed by atoms with van der Waals surface area (Å²) in [5.41, 5.74) is -0.195. The van der Waals surface area contributed by atoms with Gasteiger partial charge in [0.25, 0.3) is 0 Å². The second-order valence-corrected chi connectivity index (χ2v) is 5.09. The number of carboxylic acid groups (broad SMARTS) is 1. The van der Waals surface area contributed by atoms with E-state index in [-0.39, 0.29) is 98.7 Å². The molecule has 0 atom stereocenters. The summed E-state index contributed by atoms with van der Waals surface area (Å²) in [6.45, 7) is -1.33. The topological polar surface area (TPSA) is 389 Å². The van der Waals surface area contributed by atoms with Gasteiger partial charge in [-0.2, -0.15) is 0 Å². The van der Waals surface area contributed by atoms with Crippen molar-refractivity contribution in [3.05, 3.63) is 23.8 Å². The molecule has 0 spiro atoms. The van der Waals surface area contributed by atoms with E-state index >= 15 is 0 Å². The van der Waals surface area contributed by atoms with Crippen molar-refractivity contribution in [2.24, 2.45) is 9.98 Å². The molecule has 0 aliphatic heterocycles. The summed E-state index contributed by atoms with van der Waals surface area (Å²) in [6, 6.07) is 2.58. The minimum absolute atomic E-state index is 0. The van der Waals surface area contributed by atoms with E-state index in [9.17, 15) is 33.1 Å². The zero-order chi connectivity index (χ0) is 16.0. The van der Waals surface area contributed by atoms with Gasteiger partial charge in [0, 0.05) is 6.21 Å². The van der Waals surface area contributed by atoms with Crippen LogP contribution in [0.15, 0.2) is 33.1 Å². The van der Waals surface area contributed by atoms with Crippen molar-refractivity contribution in [3.63, 3.8) is 0 Å². The number of benzene rings is 1. The fourth-order valence-corrected chi connectivity index (χ4v) is 1.71. The number of rotatable bonds is 6. The number of hydrogen-bond acceptors (Lipinski definition) is 9. The molecule has 30 heavy (non-hydrogen) atoms. The molecule has 1 aromatic rings. The third kappa shape index (κ3) is 21.7. The van der Waals surface area contributed by atoms with Crippen LogP contribution in [0, 0.1) is 0 Å². The maximum absolute atomic E-state index is 11.4. The van der Waals surface area contributed by atoms with E-state index in [4.69, 9.17) is 0 Å². The zero-order valence-electron chi connectivity index (χ0n) is 14.9. The molecule has 0 bridgehead atoms. The van der Waals surface area contributed by atoms with E-state index < -0.39 is 45.7 Å². The predicted octanol–water partition coefficient (Wildman–Crippen LogP) is -9.56.